The molecule has 0 radical (unpaired) electrons. The van der Waals surface area contributed by atoms with Crippen LogP contribution in [0.2, 0.25) is 0 Å². The Balaban J connectivity index is 1.91. The third-order valence-corrected chi connectivity index (χ3v) is 4.03. The lowest BCUT2D eigenvalue weighted by atomic mass is 9.86. The van der Waals surface area contributed by atoms with E-state index in [1.165, 1.54) is 12.0 Å². The Hall–Kier alpha value is -0.900. The number of benzene rings is 1. The molecular weight excluding hydrogens is 238 g/mol. The van der Waals surface area contributed by atoms with Gasteiger partial charge in [0.2, 0.25) is 0 Å². The average molecular weight is 263 g/mol. The van der Waals surface area contributed by atoms with E-state index in [2.05, 4.69) is 17.0 Å². The molecule has 19 heavy (non-hydrogen) atoms. The third kappa shape index (κ3) is 4.60. The van der Waals surface area contributed by atoms with E-state index in [9.17, 15) is 10.2 Å². The van der Waals surface area contributed by atoms with Crippen LogP contribution in [0.25, 0.3) is 0 Å². The molecule has 3 nitrogen and oxygen atoms in total. The van der Waals surface area contributed by atoms with Gasteiger partial charge in [-0.15, -0.1) is 0 Å². The Morgan fingerprint density at radius 3 is 2.53 bits per heavy atom. The molecule has 0 aromatic heterocycles. The van der Waals surface area contributed by atoms with Gasteiger partial charge in [0.05, 0.1) is 12.7 Å². The molecule has 1 saturated carbocycles. The fourth-order valence-electron chi connectivity index (χ4n) is 2.95. The zero-order chi connectivity index (χ0) is 13.5. The molecule has 2 unspecified atom stereocenters. The molecular formula is C16H25NO2. The molecule has 2 atom stereocenters. The number of nitrogens with zero attached hydrogens (tertiary/aromatic N) is 1. The quantitative estimate of drug-likeness (QED) is 0.825. The average Bonchev–Trinajstić information content (AvgIpc) is 2.43. The molecule has 1 aromatic rings. The molecule has 0 amide bonds. The van der Waals surface area contributed by atoms with Crippen LogP contribution >= 0.6 is 0 Å². The van der Waals surface area contributed by atoms with Crippen LogP contribution in [0.1, 0.15) is 31.2 Å². The van der Waals surface area contributed by atoms with Gasteiger partial charge in [0.25, 0.3) is 0 Å². The van der Waals surface area contributed by atoms with Crippen LogP contribution in [0.3, 0.4) is 0 Å². The van der Waals surface area contributed by atoms with E-state index in [1.54, 1.807) is 0 Å². The van der Waals surface area contributed by atoms with Gasteiger partial charge in [-0.05, 0) is 24.3 Å². The van der Waals surface area contributed by atoms with E-state index in [0.29, 0.717) is 12.5 Å². The Kier molecular flexibility index (Phi) is 5.83. The van der Waals surface area contributed by atoms with Crippen molar-refractivity contribution in [1.82, 2.24) is 4.90 Å². The summed E-state index contributed by atoms with van der Waals surface area (Å²) >= 11 is 0. The Morgan fingerprint density at radius 1 is 1.11 bits per heavy atom. The van der Waals surface area contributed by atoms with E-state index in [-0.39, 0.29) is 12.7 Å². The summed E-state index contributed by atoms with van der Waals surface area (Å²) in [5.41, 5.74) is 1.27. The normalized spacial score (nSPS) is 23.7. The molecule has 0 aliphatic heterocycles. The van der Waals surface area contributed by atoms with E-state index >= 15 is 0 Å². The number of aliphatic hydroxyl groups is 2. The van der Waals surface area contributed by atoms with E-state index in [1.807, 2.05) is 18.2 Å². The summed E-state index contributed by atoms with van der Waals surface area (Å²) in [6.45, 7) is 2.59. The first-order valence-corrected chi connectivity index (χ1v) is 7.35. The van der Waals surface area contributed by atoms with E-state index in [4.69, 9.17) is 0 Å². The van der Waals surface area contributed by atoms with Crippen molar-refractivity contribution in [1.29, 1.82) is 0 Å². The van der Waals surface area contributed by atoms with E-state index in [0.717, 1.165) is 32.4 Å². The van der Waals surface area contributed by atoms with Crippen molar-refractivity contribution in [2.75, 3.05) is 19.7 Å². The second kappa shape index (κ2) is 7.63. The van der Waals surface area contributed by atoms with Gasteiger partial charge in [0.1, 0.15) is 0 Å². The van der Waals surface area contributed by atoms with Crippen LogP contribution in [0.4, 0.5) is 0 Å². The second-order valence-electron chi connectivity index (χ2n) is 5.56. The zero-order valence-electron chi connectivity index (χ0n) is 11.5. The molecule has 3 heteroatoms. The zero-order valence-corrected chi connectivity index (χ0v) is 11.5. The van der Waals surface area contributed by atoms with Crippen molar-refractivity contribution >= 4 is 0 Å². The summed E-state index contributed by atoms with van der Waals surface area (Å²) < 4.78 is 0. The van der Waals surface area contributed by atoms with Gasteiger partial charge in [-0.1, -0.05) is 43.2 Å². The number of hydrogen-bond acceptors (Lipinski definition) is 3. The molecule has 106 valence electrons. The molecule has 1 fully saturated rings. The monoisotopic (exact) mass is 263 g/mol. The lowest BCUT2D eigenvalue weighted by Crippen LogP contribution is -2.38. The molecule has 1 aliphatic carbocycles. The molecule has 1 aliphatic rings. The van der Waals surface area contributed by atoms with Crippen molar-refractivity contribution in [3.63, 3.8) is 0 Å². The van der Waals surface area contributed by atoms with Crippen LogP contribution in [-0.4, -0.2) is 40.9 Å². The molecule has 0 bridgehead atoms. The molecule has 0 spiro atoms. The van der Waals surface area contributed by atoms with Gasteiger partial charge in [-0.3, -0.25) is 4.90 Å². The van der Waals surface area contributed by atoms with Crippen LogP contribution in [0.15, 0.2) is 30.3 Å². The van der Waals surface area contributed by atoms with Crippen LogP contribution < -0.4 is 0 Å². The number of aliphatic hydroxyl groups excluding tert-OH is 2. The summed E-state index contributed by atoms with van der Waals surface area (Å²) in [6, 6.07) is 10.3. The van der Waals surface area contributed by atoms with Crippen molar-refractivity contribution in [3.8, 4) is 0 Å². The van der Waals surface area contributed by atoms with Gasteiger partial charge < -0.3 is 10.2 Å². The highest BCUT2D eigenvalue weighted by molar-refractivity contribution is 5.14. The maximum absolute atomic E-state index is 10.1. The van der Waals surface area contributed by atoms with Crippen LogP contribution in [-0.2, 0) is 6.54 Å². The first kappa shape index (κ1) is 14.5. The van der Waals surface area contributed by atoms with Crippen molar-refractivity contribution in [3.05, 3.63) is 35.9 Å². The minimum atomic E-state index is -0.161. The van der Waals surface area contributed by atoms with Gasteiger partial charge in [-0.25, -0.2) is 0 Å². The van der Waals surface area contributed by atoms with Gasteiger partial charge in [-0.2, -0.15) is 0 Å². The summed E-state index contributed by atoms with van der Waals surface area (Å²) in [4.78, 5) is 2.26. The maximum atomic E-state index is 10.1. The Bertz CT molecular complexity index is 355. The van der Waals surface area contributed by atoms with Crippen LogP contribution in [0.5, 0.6) is 0 Å². The fourth-order valence-corrected chi connectivity index (χ4v) is 2.95. The maximum Gasteiger partial charge on any atom is 0.0580 e. The van der Waals surface area contributed by atoms with Crippen molar-refractivity contribution in [2.24, 2.45) is 5.92 Å². The largest absolute Gasteiger partial charge is 0.395 e. The number of rotatable bonds is 6. The Morgan fingerprint density at radius 2 is 1.84 bits per heavy atom. The third-order valence-electron chi connectivity index (χ3n) is 4.03. The molecule has 2 rings (SSSR count). The van der Waals surface area contributed by atoms with Crippen molar-refractivity contribution in [2.45, 2.75) is 38.3 Å². The summed E-state index contributed by atoms with van der Waals surface area (Å²) in [6.07, 6.45) is 4.25. The molecule has 0 heterocycles. The summed E-state index contributed by atoms with van der Waals surface area (Å²) in [5.74, 6) is 0.365. The van der Waals surface area contributed by atoms with Crippen LogP contribution in [0, 0.1) is 5.92 Å². The summed E-state index contributed by atoms with van der Waals surface area (Å²) in [5, 5.41) is 19.3. The highest BCUT2D eigenvalue weighted by Gasteiger charge is 2.24. The van der Waals surface area contributed by atoms with Gasteiger partial charge in [0.15, 0.2) is 0 Å². The SMILES string of the molecule is OCCN(Cc1ccccc1)CC1CCCCC1O. The topological polar surface area (TPSA) is 43.7 Å². The highest BCUT2D eigenvalue weighted by atomic mass is 16.3. The number of hydrogen-bond donors (Lipinski definition) is 2. The van der Waals surface area contributed by atoms with Gasteiger partial charge in [0, 0.05) is 19.6 Å². The second-order valence-corrected chi connectivity index (χ2v) is 5.56. The minimum absolute atomic E-state index is 0.161. The predicted octanol–water partition coefficient (Wildman–Crippen LogP) is 2.03. The smallest absolute Gasteiger partial charge is 0.0580 e. The minimum Gasteiger partial charge on any atom is -0.395 e. The predicted molar refractivity (Wildman–Crippen MR) is 76.8 cm³/mol. The standard InChI is InChI=1S/C16H25NO2/c18-11-10-17(12-14-6-2-1-3-7-14)13-15-8-4-5-9-16(15)19/h1-3,6-7,15-16,18-19H,4-5,8-13H2. The molecule has 1 aromatic carbocycles. The lowest BCUT2D eigenvalue weighted by Gasteiger charge is -2.32. The van der Waals surface area contributed by atoms with Gasteiger partial charge >= 0.3 is 0 Å². The first-order valence-electron chi connectivity index (χ1n) is 7.35. The van der Waals surface area contributed by atoms with E-state index < -0.39 is 0 Å². The first-order chi connectivity index (χ1) is 9.29. The van der Waals surface area contributed by atoms with Crippen molar-refractivity contribution < 1.29 is 10.2 Å². The molecule has 2 N–H and O–H groups in total. The highest BCUT2D eigenvalue weighted by Crippen LogP contribution is 2.25. The Labute approximate surface area is 115 Å². The lowest BCUT2D eigenvalue weighted by molar-refractivity contribution is 0.0407. The molecule has 0 saturated heterocycles. The summed E-state index contributed by atoms with van der Waals surface area (Å²) in [7, 11) is 0. The fraction of sp³-hybridized carbons (Fsp3) is 0.625.